The summed E-state index contributed by atoms with van der Waals surface area (Å²) in [5.74, 6) is 0.498. The zero-order valence-corrected chi connectivity index (χ0v) is 13.7. The Morgan fingerprint density at radius 1 is 1.43 bits per heavy atom. The molecule has 0 saturated heterocycles. The minimum atomic E-state index is -3.55. The molecular formula is C13H24N2O5S. The number of sulfonamides is 1. The first-order valence-electron chi connectivity index (χ1n) is 6.62. The first kappa shape index (κ1) is 18.1. The Morgan fingerprint density at radius 3 is 2.67 bits per heavy atom. The van der Waals surface area contributed by atoms with Gasteiger partial charge in [-0.05, 0) is 19.1 Å². The van der Waals surface area contributed by atoms with Gasteiger partial charge in [0.1, 0.15) is 5.76 Å². The molecule has 8 heteroatoms. The van der Waals surface area contributed by atoms with Crippen molar-refractivity contribution < 1.29 is 22.7 Å². The summed E-state index contributed by atoms with van der Waals surface area (Å²) in [6.07, 6.45) is 0.509. The molecule has 0 aliphatic rings. The van der Waals surface area contributed by atoms with Crippen LogP contribution in [0.3, 0.4) is 0 Å². The van der Waals surface area contributed by atoms with Gasteiger partial charge < -0.3 is 19.6 Å². The zero-order chi connectivity index (χ0) is 16.1. The second kappa shape index (κ2) is 7.37. The molecule has 0 amide bonds. The van der Waals surface area contributed by atoms with Crippen LogP contribution in [0, 0.1) is 0 Å². The van der Waals surface area contributed by atoms with Crippen molar-refractivity contribution in [2.45, 2.75) is 30.6 Å². The molecule has 0 aliphatic carbocycles. The fourth-order valence-corrected chi connectivity index (χ4v) is 2.45. The summed E-state index contributed by atoms with van der Waals surface area (Å²) < 4.78 is 35.0. The average Bonchev–Trinajstić information content (AvgIpc) is 2.85. The van der Waals surface area contributed by atoms with E-state index in [0.717, 1.165) is 4.31 Å². The number of nitrogens with zero attached hydrogens (tertiary/aromatic N) is 1. The standard InChI is InChI=1S/C13H24N2O5S/c1-13(16,7-8-19-4)10-14-9-11-5-6-12(20-11)21(17,18)15(2)3/h5-6,14,16H,7-10H2,1-4H3. The Morgan fingerprint density at radius 2 is 2.10 bits per heavy atom. The predicted octanol–water partition coefficient (Wildman–Crippen LogP) is 0.407. The molecule has 1 aromatic heterocycles. The molecule has 0 bridgehead atoms. The highest BCUT2D eigenvalue weighted by molar-refractivity contribution is 7.88. The Bertz CT molecular complexity index is 537. The van der Waals surface area contributed by atoms with E-state index in [1.165, 1.54) is 20.2 Å². The third-order valence-electron chi connectivity index (χ3n) is 3.02. The fraction of sp³-hybridized carbons (Fsp3) is 0.692. The van der Waals surface area contributed by atoms with Crippen molar-refractivity contribution in [3.63, 3.8) is 0 Å². The summed E-state index contributed by atoms with van der Waals surface area (Å²) in [7, 11) is 0.928. The van der Waals surface area contributed by atoms with E-state index in [0.29, 0.717) is 31.9 Å². The van der Waals surface area contributed by atoms with Gasteiger partial charge >= 0.3 is 0 Å². The molecule has 0 aromatic carbocycles. The number of ether oxygens (including phenoxy) is 1. The highest BCUT2D eigenvalue weighted by Gasteiger charge is 2.22. The van der Waals surface area contributed by atoms with Crippen LogP contribution in [0.2, 0.25) is 0 Å². The number of furan rings is 1. The Labute approximate surface area is 125 Å². The Kier molecular flexibility index (Phi) is 6.36. The van der Waals surface area contributed by atoms with Gasteiger partial charge in [0.15, 0.2) is 0 Å². The summed E-state index contributed by atoms with van der Waals surface area (Å²) in [5, 5.41) is 13.0. The third-order valence-corrected chi connectivity index (χ3v) is 4.71. The molecule has 21 heavy (non-hydrogen) atoms. The molecule has 0 saturated carbocycles. The largest absolute Gasteiger partial charge is 0.447 e. The van der Waals surface area contributed by atoms with E-state index in [1.807, 2.05) is 0 Å². The van der Waals surface area contributed by atoms with E-state index in [4.69, 9.17) is 9.15 Å². The monoisotopic (exact) mass is 320 g/mol. The summed E-state index contributed by atoms with van der Waals surface area (Å²) in [5.41, 5.74) is -0.888. The number of hydrogen-bond donors (Lipinski definition) is 2. The molecule has 1 heterocycles. The summed E-state index contributed by atoms with van der Waals surface area (Å²) in [6, 6.07) is 3.03. The van der Waals surface area contributed by atoms with Gasteiger partial charge in [-0.3, -0.25) is 0 Å². The van der Waals surface area contributed by atoms with E-state index >= 15 is 0 Å². The summed E-state index contributed by atoms with van der Waals surface area (Å²) in [4.78, 5) is 0. The van der Waals surface area contributed by atoms with E-state index in [-0.39, 0.29) is 5.09 Å². The number of nitrogens with one attached hydrogen (secondary N) is 1. The molecule has 1 rings (SSSR count). The van der Waals surface area contributed by atoms with Gasteiger partial charge in [0, 0.05) is 40.8 Å². The topological polar surface area (TPSA) is 92.0 Å². The van der Waals surface area contributed by atoms with Gasteiger partial charge in [0.2, 0.25) is 5.09 Å². The van der Waals surface area contributed by atoms with Crippen LogP contribution in [0.5, 0.6) is 0 Å². The Hall–Kier alpha value is -0.930. The number of aliphatic hydroxyl groups is 1. The molecular weight excluding hydrogens is 296 g/mol. The van der Waals surface area contributed by atoms with Crippen molar-refractivity contribution in [2.75, 3.05) is 34.4 Å². The minimum absolute atomic E-state index is 0.0876. The van der Waals surface area contributed by atoms with E-state index in [1.54, 1.807) is 20.1 Å². The average molecular weight is 320 g/mol. The predicted molar refractivity (Wildman–Crippen MR) is 78.4 cm³/mol. The molecule has 1 aromatic rings. The molecule has 0 radical (unpaired) electrons. The van der Waals surface area contributed by atoms with Gasteiger partial charge in [-0.25, -0.2) is 12.7 Å². The molecule has 2 N–H and O–H groups in total. The fourth-order valence-electron chi connectivity index (χ4n) is 1.64. The van der Waals surface area contributed by atoms with Gasteiger partial charge in [0.05, 0.1) is 12.1 Å². The molecule has 0 aliphatic heterocycles. The van der Waals surface area contributed by atoms with Crippen molar-refractivity contribution in [2.24, 2.45) is 0 Å². The highest BCUT2D eigenvalue weighted by Crippen LogP contribution is 2.17. The number of hydrogen-bond acceptors (Lipinski definition) is 6. The van der Waals surface area contributed by atoms with E-state index < -0.39 is 15.6 Å². The van der Waals surface area contributed by atoms with Crippen LogP contribution < -0.4 is 5.32 Å². The summed E-state index contributed by atoms with van der Waals surface area (Å²) >= 11 is 0. The lowest BCUT2D eigenvalue weighted by atomic mass is 10.0. The maximum absolute atomic E-state index is 11.9. The van der Waals surface area contributed by atoms with Gasteiger partial charge in [-0.2, -0.15) is 0 Å². The Balaban J connectivity index is 2.53. The first-order chi connectivity index (χ1) is 9.69. The van der Waals surface area contributed by atoms with Crippen molar-refractivity contribution in [3.05, 3.63) is 17.9 Å². The minimum Gasteiger partial charge on any atom is -0.447 e. The van der Waals surface area contributed by atoms with Crippen LogP contribution in [0.4, 0.5) is 0 Å². The van der Waals surface area contributed by atoms with Gasteiger partial charge in [-0.15, -0.1) is 0 Å². The number of methoxy groups -OCH3 is 1. The van der Waals surface area contributed by atoms with Gasteiger partial charge in [-0.1, -0.05) is 0 Å². The maximum Gasteiger partial charge on any atom is 0.275 e. The first-order valence-corrected chi connectivity index (χ1v) is 8.06. The maximum atomic E-state index is 11.9. The van der Waals surface area contributed by atoms with Crippen LogP contribution >= 0.6 is 0 Å². The van der Waals surface area contributed by atoms with Gasteiger partial charge in [0.25, 0.3) is 10.0 Å². The second-order valence-corrected chi connectivity index (χ2v) is 7.43. The molecule has 0 spiro atoms. The zero-order valence-electron chi connectivity index (χ0n) is 12.9. The van der Waals surface area contributed by atoms with Crippen molar-refractivity contribution in [1.82, 2.24) is 9.62 Å². The second-order valence-electron chi connectivity index (χ2n) is 5.35. The van der Waals surface area contributed by atoms with Crippen molar-refractivity contribution in [1.29, 1.82) is 0 Å². The summed E-state index contributed by atoms with van der Waals surface area (Å²) in [6.45, 7) is 2.88. The SMILES string of the molecule is COCCC(C)(O)CNCc1ccc(S(=O)(=O)N(C)C)o1. The molecule has 122 valence electrons. The van der Waals surface area contributed by atoms with Crippen LogP contribution in [0.15, 0.2) is 21.6 Å². The number of rotatable bonds is 9. The smallest absolute Gasteiger partial charge is 0.275 e. The van der Waals surface area contributed by atoms with Crippen LogP contribution in [0.25, 0.3) is 0 Å². The van der Waals surface area contributed by atoms with Crippen molar-refractivity contribution >= 4 is 10.0 Å². The molecule has 1 atom stereocenters. The van der Waals surface area contributed by atoms with Crippen LogP contribution in [-0.4, -0.2) is 57.8 Å². The highest BCUT2D eigenvalue weighted by atomic mass is 32.2. The molecule has 0 fully saturated rings. The molecule has 7 nitrogen and oxygen atoms in total. The lowest BCUT2D eigenvalue weighted by Gasteiger charge is -2.23. The van der Waals surface area contributed by atoms with Crippen LogP contribution in [-0.2, 0) is 21.3 Å². The normalized spacial score (nSPS) is 15.3. The lowest BCUT2D eigenvalue weighted by Crippen LogP contribution is -2.38. The lowest BCUT2D eigenvalue weighted by molar-refractivity contribution is 0.0244. The van der Waals surface area contributed by atoms with E-state index in [9.17, 15) is 13.5 Å². The van der Waals surface area contributed by atoms with E-state index in [2.05, 4.69) is 5.32 Å². The quantitative estimate of drug-likeness (QED) is 0.684. The van der Waals surface area contributed by atoms with Crippen LogP contribution in [0.1, 0.15) is 19.1 Å². The third kappa shape index (κ3) is 5.40. The van der Waals surface area contributed by atoms with Crippen molar-refractivity contribution in [3.8, 4) is 0 Å². The molecule has 1 unspecified atom stereocenters.